The Morgan fingerprint density at radius 3 is 2.29 bits per heavy atom. The molecule has 1 saturated carbocycles. The molecule has 1 aliphatic rings. The molecule has 0 aliphatic heterocycles. The van der Waals surface area contributed by atoms with E-state index in [1.807, 2.05) is 0 Å². The minimum absolute atomic E-state index is 0.0615. The Labute approximate surface area is 198 Å². The normalized spacial score (nSPS) is 20.9. The van der Waals surface area contributed by atoms with Crippen molar-refractivity contribution in [2.24, 2.45) is 0 Å². The van der Waals surface area contributed by atoms with Crippen LogP contribution in [0.25, 0.3) is 0 Å². The molecule has 0 heterocycles. The van der Waals surface area contributed by atoms with Crippen LogP contribution in [-0.4, -0.2) is 41.9 Å². The molecule has 2 aromatic rings. The van der Waals surface area contributed by atoms with Crippen molar-refractivity contribution in [1.82, 2.24) is 4.31 Å². The first kappa shape index (κ1) is 26.4. The van der Waals surface area contributed by atoms with Gasteiger partial charge in [0.15, 0.2) is 0 Å². The monoisotopic (exact) mass is 525 g/mol. The first-order chi connectivity index (χ1) is 15.7. The van der Waals surface area contributed by atoms with Crippen LogP contribution in [0.3, 0.4) is 0 Å². The van der Waals surface area contributed by atoms with E-state index >= 15 is 0 Å². The number of carboxylic acid groups (broad SMARTS) is 1. The van der Waals surface area contributed by atoms with Crippen molar-refractivity contribution in [3.05, 3.63) is 70.2 Å². The number of nitrogens with zero attached hydrogens (tertiary/aromatic N) is 1. The van der Waals surface area contributed by atoms with Crippen LogP contribution in [0.1, 0.15) is 36.8 Å². The van der Waals surface area contributed by atoms with Crippen molar-refractivity contribution in [2.45, 2.75) is 49.1 Å². The van der Waals surface area contributed by atoms with Crippen molar-refractivity contribution in [3.63, 3.8) is 0 Å². The molecule has 0 spiro atoms. The lowest BCUT2D eigenvalue weighted by molar-refractivity contribution is -0.137. The van der Waals surface area contributed by atoms with E-state index in [2.05, 4.69) is 0 Å². The Kier molecular flexibility index (Phi) is 7.59. The minimum Gasteiger partial charge on any atom is -0.481 e. The molecule has 0 bridgehead atoms. The van der Waals surface area contributed by atoms with Crippen LogP contribution in [0.2, 0.25) is 5.02 Å². The lowest BCUT2D eigenvalue weighted by Crippen LogP contribution is -2.58. The fourth-order valence-electron chi connectivity index (χ4n) is 4.42. The van der Waals surface area contributed by atoms with Gasteiger partial charge in [-0.25, -0.2) is 17.2 Å². The van der Waals surface area contributed by atoms with E-state index in [1.54, 1.807) is 24.3 Å². The van der Waals surface area contributed by atoms with Crippen molar-refractivity contribution >= 4 is 27.6 Å². The van der Waals surface area contributed by atoms with Crippen molar-refractivity contribution in [1.29, 1.82) is 0 Å². The van der Waals surface area contributed by atoms with Gasteiger partial charge in [-0.2, -0.15) is 17.5 Å². The fourth-order valence-corrected chi connectivity index (χ4v) is 5.72. The third kappa shape index (κ3) is 5.52. The van der Waals surface area contributed by atoms with Crippen molar-refractivity contribution < 1.29 is 40.3 Å². The molecule has 0 radical (unpaired) electrons. The number of sulfonamides is 1. The lowest BCUT2D eigenvalue weighted by atomic mass is 9.58. The molecule has 12 heteroatoms. The molecule has 5 nitrogen and oxygen atoms in total. The van der Waals surface area contributed by atoms with Crippen LogP contribution in [0.15, 0.2) is 42.5 Å². The molecule has 1 aliphatic carbocycles. The third-order valence-corrected chi connectivity index (χ3v) is 7.92. The largest absolute Gasteiger partial charge is 0.511 e. The fraction of sp³-hybridized carbons (Fsp3) is 0.409. The number of benzene rings is 2. The maximum atomic E-state index is 14.7. The second-order valence-electron chi connectivity index (χ2n) is 8.33. The highest BCUT2D eigenvalue weighted by molar-refractivity contribution is 7.90. The Bertz CT molecular complexity index is 1150. The summed E-state index contributed by atoms with van der Waals surface area (Å²) in [6.45, 7) is -0.665. The Hall–Kier alpha value is -2.24. The molecule has 1 fully saturated rings. The average Bonchev–Trinajstić information content (AvgIpc) is 2.70. The average molecular weight is 526 g/mol. The predicted molar refractivity (Wildman–Crippen MR) is 115 cm³/mol. The molecule has 0 atom stereocenters. The standard InChI is InChI=1S/C22H21ClF5NO4S/c23-15-5-3-14(4-6-15)11-21(18-10-16(24)7-8-19(18)25)12-17(13-21)29(9-1-2-20(30)31)34(32,33)22(26,27)28/h3-8,10,17H,1-2,9,11-13H2,(H,30,31). The van der Waals surface area contributed by atoms with Gasteiger partial charge in [-0.15, -0.1) is 0 Å². The number of halogens is 6. The molecule has 186 valence electrons. The molecular formula is C22H21ClF5NO4S. The van der Waals surface area contributed by atoms with Crippen LogP contribution in [0.4, 0.5) is 22.0 Å². The number of carboxylic acids is 1. The van der Waals surface area contributed by atoms with Gasteiger partial charge in [0, 0.05) is 29.4 Å². The summed E-state index contributed by atoms with van der Waals surface area (Å²) in [4.78, 5) is 10.8. The summed E-state index contributed by atoms with van der Waals surface area (Å²) >= 11 is 5.89. The summed E-state index contributed by atoms with van der Waals surface area (Å²) < 4.78 is 93.4. The summed E-state index contributed by atoms with van der Waals surface area (Å²) in [7, 11) is -5.77. The summed E-state index contributed by atoms with van der Waals surface area (Å²) in [5, 5.41) is 9.23. The van der Waals surface area contributed by atoms with E-state index in [-0.39, 0.29) is 35.6 Å². The number of carbonyl (C=O) groups is 1. The first-order valence-corrected chi connectivity index (χ1v) is 12.1. The van der Waals surface area contributed by atoms with E-state index in [9.17, 15) is 35.2 Å². The highest BCUT2D eigenvalue weighted by atomic mass is 35.5. The third-order valence-electron chi connectivity index (χ3n) is 5.99. The Morgan fingerprint density at radius 1 is 1.12 bits per heavy atom. The number of hydrogen-bond donors (Lipinski definition) is 1. The Morgan fingerprint density at radius 2 is 1.74 bits per heavy atom. The summed E-state index contributed by atoms with van der Waals surface area (Å²) in [5.41, 5.74) is -6.16. The van der Waals surface area contributed by atoms with Gasteiger partial charge in [0.25, 0.3) is 0 Å². The number of aliphatic carboxylic acids is 1. The maximum Gasteiger partial charge on any atom is 0.511 e. The smallest absolute Gasteiger partial charge is 0.481 e. The molecule has 1 N–H and O–H groups in total. The van der Waals surface area contributed by atoms with Crippen LogP contribution < -0.4 is 0 Å². The van der Waals surface area contributed by atoms with Crippen LogP contribution >= 0.6 is 11.6 Å². The quantitative estimate of drug-likeness (QED) is 0.452. The van der Waals surface area contributed by atoms with E-state index in [4.69, 9.17) is 16.7 Å². The molecule has 0 aromatic heterocycles. The van der Waals surface area contributed by atoms with Gasteiger partial charge in [0.05, 0.1) is 0 Å². The molecular weight excluding hydrogens is 505 g/mol. The van der Waals surface area contributed by atoms with Gasteiger partial charge in [-0.3, -0.25) is 4.79 Å². The topological polar surface area (TPSA) is 74.7 Å². The van der Waals surface area contributed by atoms with Crippen LogP contribution in [0, 0.1) is 11.6 Å². The van der Waals surface area contributed by atoms with E-state index in [1.165, 1.54) is 0 Å². The first-order valence-electron chi connectivity index (χ1n) is 10.2. The zero-order valence-electron chi connectivity index (χ0n) is 17.7. The van der Waals surface area contributed by atoms with Crippen LogP contribution in [-0.2, 0) is 26.7 Å². The van der Waals surface area contributed by atoms with Crippen molar-refractivity contribution in [2.75, 3.05) is 6.54 Å². The second-order valence-corrected chi connectivity index (χ2v) is 10.6. The number of alkyl halides is 3. The summed E-state index contributed by atoms with van der Waals surface area (Å²) in [6, 6.07) is 8.07. The van der Waals surface area contributed by atoms with Crippen molar-refractivity contribution in [3.8, 4) is 0 Å². The molecule has 2 aromatic carbocycles. The molecule has 0 unspecified atom stereocenters. The highest BCUT2D eigenvalue weighted by Crippen LogP contribution is 2.51. The zero-order valence-corrected chi connectivity index (χ0v) is 19.2. The van der Waals surface area contributed by atoms with Gasteiger partial charge < -0.3 is 5.11 Å². The zero-order chi connectivity index (χ0) is 25.3. The van der Waals surface area contributed by atoms with Gasteiger partial charge in [-0.1, -0.05) is 23.7 Å². The molecule has 0 saturated heterocycles. The second kappa shape index (κ2) is 9.79. The summed E-state index contributed by atoms with van der Waals surface area (Å²) in [6.07, 6.45) is -1.17. The lowest BCUT2D eigenvalue weighted by Gasteiger charge is -2.52. The SMILES string of the molecule is O=C(O)CCCN(C1CC(Cc2ccc(Cl)cc2)(c2cc(F)ccc2F)C1)S(=O)(=O)C(F)(F)F. The van der Waals surface area contributed by atoms with Gasteiger partial charge in [0.2, 0.25) is 0 Å². The predicted octanol–water partition coefficient (Wildman–Crippen LogP) is 5.28. The van der Waals surface area contributed by atoms with E-state index in [0.29, 0.717) is 10.6 Å². The van der Waals surface area contributed by atoms with E-state index in [0.717, 1.165) is 18.2 Å². The van der Waals surface area contributed by atoms with E-state index < -0.39 is 57.6 Å². The Balaban J connectivity index is 1.96. The van der Waals surface area contributed by atoms with Crippen LogP contribution in [0.5, 0.6) is 0 Å². The van der Waals surface area contributed by atoms with Gasteiger partial charge in [0.1, 0.15) is 11.6 Å². The maximum absolute atomic E-state index is 14.7. The highest BCUT2D eigenvalue weighted by Gasteiger charge is 2.57. The molecule has 34 heavy (non-hydrogen) atoms. The number of rotatable bonds is 9. The molecule has 0 amide bonds. The van der Waals surface area contributed by atoms with Gasteiger partial charge >= 0.3 is 21.5 Å². The number of hydrogen-bond acceptors (Lipinski definition) is 3. The minimum atomic E-state index is -5.77. The summed E-state index contributed by atoms with van der Waals surface area (Å²) in [5.74, 6) is -2.78. The molecule has 3 rings (SSSR count). The van der Waals surface area contributed by atoms with Gasteiger partial charge in [-0.05, 0) is 67.1 Å².